The van der Waals surface area contributed by atoms with Crippen molar-refractivity contribution in [1.82, 2.24) is 5.32 Å². The van der Waals surface area contributed by atoms with Crippen molar-refractivity contribution < 1.29 is 14.4 Å². The maximum absolute atomic E-state index is 11.1. The van der Waals surface area contributed by atoms with Crippen molar-refractivity contribution >= 4 is 17.5 Å². The van der Waals surface area contributed by atoms with Gasteiger partial charge in [-0.3, -0.25) is 19.7 Å². The van der Waals surface area contributed by atoms with Crippen LogP contribution in [0.15, 0.2) is 0 Å². The molecule has 0 unspecified atom stereocenters. The van der Waals surface area contributed by atoms with Crippen LogP contribution >= 0.6 is 0 Å². The second-order valence-electron chi connectivity index (χ2n) is 3.75. The molecular formula is C9H11N2O3. The van der Waals surface area contributed by atoms with Crippen molar-refractivity contribution in [3.05, 3.63) is 6.04 Å². The monoisotopic (exact) mass is 195 g/mol. The molecule has 14 heavy (non-hydrogen) atoms. The van der Waals surface area contributed by atoms with Crippen LogP contribution in [0.4, 0.5) is 0 Å². The number of primary amides is 1. The maximum atomic E-state index is 11.1. The summed E-state index contributed by atoms with van der Waals surface area (Å²) in [6.07, 6.45) is 1.99. The number of hydrogen-bond acceptors (Lipinski definition) is 4. The largest absolute Gasteiger partial charge is 0.370 e. The predicted molar refractivity (Wildman–Crippen MR) is 46.7 cm³/mol. The lowest BCUT2D eigenvalue weighted by Crippen LogP contribution is -2.55. The molecule has 5 nitrogen and oxygen atoms in total. The predicted octanol–water partition coefficient (Wildman–Crippen LogP) is -1.09. The molecule has 2 saturated carbocycles. The molecule has 2 aliphatic carbocycles. The fraction of sp³-hybridized carbons (Fsp3) is 0.556. The zero-order valence-corrected chi connectivity index (χ0v) is 7.58. The van der Waals surface area contributed by atoms with E-state index in [1.54, 1.807) is 0 Å². The molecular weight excluding hydrogens is 184 g/mol. The molecule has 0 spiro atoms. The lowest BCUT2D eigenvalue weighted by Gasteiger charge is -2.31. The lowest BCUT2D eigenvalue weighted by molar-refractivity contribution is -0.146. The average Bonchev–Trinajstić information content (AvgIpc) is 2.93. The van der Waals surface area contributed by atoms with Gasteiger partial charge in [0.05, 0.1) is 5.92 Å². The van der Waals surface area contributed by atoms with E-state index >= 15 is 0 Å². The first-order valence-corrected chi connectivity index (χ1v) is 4.60. The van der Waals surface area contributed by atoms with Crippen molar-refractivity contribution in [2.45, 2.75) is 25.3 Å². The Balaban J connectivity index is 1.95. The quantitative estimate of drug-likeness (QED) is 0.558. The SMILES string of the molecule is NC(=O)C[C@@H]1[C](NC2CC2)C(=O)C1=O. The Labute approximate surface area is 81.0 Å². The highest BCUT2D eigenvalue weighted by atomic mass is 16.2. The zero-order valence-electron chi connectivity index (χ0n) is 7.58. The normalized spacial score (nSPS) is 27.6. The molecule has 2 fully saturated rings. The van der Waals surface area contributed by atoms with Gasteiger partial charge in [-0.2, -0.15) is 0 Å². The van der Waals surface area contributed by atoms with Gasteiger partial charge in [0.25, 0.3) is 0 Å². The lowest BCUT2D eigenvalue weighted by atomic mass is 9.74. The molecule has 0 aliphatic heterocycles. The molecule has 1 amide bonds. The Hall–Kier alpha value is -1.23. The third-order valence-electron chi connectivity index (χ3n) is 2.48. The molecule has 0 heterocycles. The van der Waals surface area contributed by atoms with Gasteiger partial charge in [0.15, 0.2) is 0 Å². The van der Waals surface area contributed by atoms with E-state index in [1.807, 2.05) is 0 Å². The highest BCUT2D eigenvalue weighted by molar-refractivity contribution is 6.51. The summed E-state index contributed by atoms with van der Waals surface area (Å²) >= 11 is 0. The van der Waals surface area contributed by atoms with E-state index in [0.29, 0.717) is 12.1 Å². The van der Waals surface area contributed by atoms with Crippen LogP contribution in [0.2, 0.25) is 0 Å². The van der Waals surface area contributed by atoms with Crippen LogP contribution in [0.5, 0.6) is 0 Å². The summed E-state index contributed by atoms with van der Waals surface area (Å²) in [7, 11) is 0. The number of hydrogen-bond donors (Lipinski definition) is 2. The van der Waals surface area contributed by atoms with E-state index in [2.05, 4.69) is 5.32 Å². The molecule has 0 saturated heterocycles. The Bertz CT molecular complexity index is 309. The maximum Gasteiger partial charge on any atom is 0.221 e. The second kappa shape index (κ2) is 3.16. The Kier molecular flexibility index (Phi) is 2.11. The van der Waals surface area contributed by atoms with Gasteiger partial charge in [0.2, 0.25) is 17.5 Å². The molecule has 0 aromatic heterocycles. The first kappa shape index (κ1) is 9.33. The second-order valence-corrected chi connectivity index (χ2v) is 3.75. The van der Waals surface area contributed by atoms with Crippen LogP contribution in [0.1, 0.15) is 19.3 Å². The van der Waals surface area contributed by atoms with Crippen LogP contribution in [0, 0.1) is 12.0 Å². The molecule has 1 atom stereocenters. The third kappa shape index (κ3) is 1.55. The smallest absolute Gasteiger partial charge is 0.221 e. The molecule has 0 aromatic carbocycles. The molecule has 5 heteroatoms. The molecule has 3 N–H and O–H groups in total. The number of amides is 1. The number of ketones is 2. The summed E-state index contributed by atoms with van der Waals surface area (Å²) in [5.74, 6) is -2.12. The van der Waals surface area contributed by atoms with Gasteiger partial charge < -0.3 is 5.73 Å². The minimum Gasteiger partial charge on any atom is -0.370 e. The minimum absolute atomic E-state index is 0.0559. The topological polar surface area (TPSA) is 89.3 Å². The minimum atomic E-state index is -0.597. The van der Waals surface area contributed by atoms with Crippen molar-refractivity contribution in [3.63, 3.8) is 0 Å². The summed E-state index contributed by atoms with van der Waals surface area (Å²) in [4.78, 5) is 32.8. The van der Waals surface area contributed by atoms with Crippen LogP contribution in [0.3, 0.4) is 0 Å². The molecule has 2 rings (SSSR count). The molecule has 75 valence electrons. The van der Waals surface area contributed by atoms with Gasteiger partial charge in [-0.15, -0.1) is 0 Å². The Morgan fingerprint density at radius 2 is 2.07 bits per heavy atom. The van der Waals surface area contributed by atoms with E-state index in [9.17, 15) is 14.4 Å². The van der Waals surface area contributed by atoms with E-state index in [0.717, 1.165) is 12.8 Å². The average molecular weight is 195 g/mol. The number of Topliss-reactive ketones (excluding diaryl/α,β-unsaturated/α-hetero) is 2. The highest BCUT2D eigenvalue weighted by Crippen LogP contribution is 2.33. The fourth-order valence-corrected chi connectivity index (χ4v) is 1.51. The van der Waals surface area contributed by atoms with E-state index in [-0.39, 0.29) is 6.42 Å². The third-order valence-corrected chi connectivity index (χ3v) is 2.48. The van der Waals surface area contributed by atoms with Gasteiger partial charge >= 0.3 is 0 Å². The number of rotatable bonds is 4. The number of nitrogens with two attached hydrogens (primary N) is 1. The zero-order chi connectivity index (χ0) is 10.3. The number of carbonyl (C=O) groups excluding carboxylic acids is 3. The van der Waals surface area contributed by atoms with E-state index in [4.69, 9.17) is 5.73 Å². The van der Waals surface area contributed by atoms with Crippen molar-refractivity contribution in [2.75, 3.05) is 0 Å². The van der Waals surface area contributed by atoms with Gasteiger partial charge in [0.1, 0.15) is 6.04 Å². The number of carbonyl (C=O) groups is 3. The number of nitrogens with one attached hydrogen (secondary N) is 1. The van der Waals surface area contributed by atoms with Crippen LogP contribution in [-0.4, -0.2) is 23.5 Å². The van der Waals surface area contributed by atoms with E-state index < -0.39 is 23.4 Å². The van der Waals surface area contributed by atoms with Crippen molar-refractivity contribution in [1.29, 1.82) is 0 Å². The standard InChI is InChI=1S/C9H11N2O3/c10-6(12)3-5-7(9(14)8(5)13)11-4-1-2-4/h4-5,11H,1-3H2,(H2,10,12)/t5-/m1/s1. The van der Waals surface area contributed by atoms with Crippen LogP contribution < -0.4 is 11.1 Å². The Morgan fingerprint density at radius 3 is 2.57 bits per heavy atom. The van der Waals surface area contributed by atoms with Crippen molar-refractivity contribution in [3.8, 4) is 0 Å². The summed E-state index contributed by atoms with van der Waals surface area (Å²) in [5, 5.41) is 2.96. The molecule has 2 aliphatic rings. The van der Waals surface area contributed by atoms with E-state index in [1.165, 1.54) is 0 Å². The summed E-state index contributed by atoms with van der Waals surface area (Å²) < 4.78 is 0. The van der Waals surface area contributed by atoms with Crippen LogP contribution in [0.25, 0.3) is 0 Å². The molecule has 1 radical (unpaired) electrons. The summed E-state index contributed by atoms with van der Waals surface area (Å²) in [5.41, 5.74) is 4.98. The summed E-state index contributed by atoms with van der Waals surface area (Å²) in [6, 6.07) is 0.703. The Morgan fingerprint density at radius 1 is 1.43 bits per heavy atom. The molecule has 0 bridgehead atoms. The highest BCUT2D eigenvalue weighted by Gasteiger charge is 2.51. The van der Waals surface area contributed by atoms with Crippen LogP contribution in [-0.2, 0) is 14.4 Å². The van der Waals surface area contributed by atoms with Gasteiger partial charge in [-0.1, -0.05) is 0 Å². The van der Waals surface area contributed by atoms with Crippen molar-refractivity contribution in [2.24, 2.45) is 11.7 Å². The first-order chi connectivity index (χ1) is 6.59. The first-order valence-electron chi connectivity index (χ1n) is 4.60. The fourth-order valence-electron chi connectivity index (χ4n) is 1.51. The molecule has 0 aromatic rings. The van der Waals surface area contributed by atoms with Gasteiger partial charge in [-0.25, -0.2) is 0 Å². The van der Waals surface area contributed by atoms with Gasteiger partial charge in [0, 0.05) is 12.5 Å². The van der Waals surface area contributed by atoms with Gasteiger partial charge in [-0.05, 0) is 12.8 Å². The summed E-state index contributed by atoms with van der Waals surface area (Å²) in [6.45, 7) is 0.